The van der Waals surface area contributed by atoms with Crippen LogP contribution in [0.4, 0.5) is 5.69 Å². The van der Waals surface area contributed by atoms with E-state index in [9.17, 15) is 9.59 Å². The third kappa shape index (κ3) is 4.36. The number of hydrogen-bond acceptors (Lipinski definition) is 5. The number of carbonyl (C=O) groups is 2. The summed E-state index contributed by atoms with van der Waals surface area (Å²) in [4.78, 5) is 31.0. The highest BCUT2D eigenvalue weighted by Crippen LogP contribution is 2.31. The Morgan fingerprint density at radius 2 is 1.96 bits per heavy atom. The monoisotopic (exact) mass is 394 g/mol. The number of halogens is 1. The van der Waals surface area contributed by atoms with Crippen LogP contribution >= 0.6 is 12.4 Å². The van der Waals surface area contributed by atoms with Gasteiger partial charge in [0.15, 0.2) is 6.61 Å². The zero-order valence-corrected chi connectivity index (χ0v) is 16.2. The summed E-state index contributed by atoms with van der Waals surface area (Å²) in [6, 6.07) is 7.97. The third-order valence-electron chi connectivity index (χ3n) is 5.54. The number of carbonyl (C=O) groups excluding carboxylic acids is 2. The van der Waals surface area contributed by atoms with Gasteiger partial charge in [0.25, 0.3) is 5.91 Å². The second kappa shape index (κ2) is 8.91. The van der Waals surface area contributed by atoms with Gasteiger partial charge in [0.2, 0.25) is 5.91 Å². The summed E-state index contributed by atoms with van der Waals surface area (Å²) >= 11 is 0. The lowest BCUT2D eigenvalue weighted by molar-refractivity contribution is -0.130. The molecule has 2 amide bonds. The first kappa shape index (κ1) is 19.9. The molecule has 3 aliphatic heterocycles. The largest absolute Gasteiger partial charge is 0.482 e. The summed E-state index contributed by atoms with van der Waals surface area (Å²) in [6.45, 7) is 6.27. The van der Waals surface area contributed by atoms with E-state index in [1.165, 1.54) is 0 Å². The number of nitrogens with one attached hydrogen (secondary N) is 1. The average Bonchev–Trinajstić information content (AvgIpc) is 3.18. The Morgan fingerprint density at radius 3 is 2.78 bits per heavy atom. The zero-order chi connectivity index (χ0) is 17.9. The van der Waals surface area contributed by atoms with Crippen LogP contribution in [0.1, 0.15) is 12.8 Å². The summed E-state index contributed by atoms with van der Waals surface area (Å²) in [5.74, 6) is 0.760. The van der Waals surface area contributed by atoms with Crippen molar-refractivity contribution in [3.8, 4) is 5.75 Å². The molecule has 0 bridgehead atoms. The molecule has 1 N–H and O–H groups in total. The van der Waals surface area contributed by atoms with Gasteiger partial charge in [-0.15, -0.1) is 12.4 Å². The van der Waals surface area contributed by atoms with Crippen LogP contribution in [-0.2, 0) is 9.59 Å². The van der Waals surface area contributed by atoms with Crippen molar-refractivity contribution in [2.75, 3.05) is 57.3 Å². The van der Waals surface area contributed by atoms with E-state index in [0.29, 0.717) is 24.8 Å². The average molecular weight is 395 g/mol. The first-order valence-electron chi connectivity index (χ1n) is 9.47. The Morgan fingerprint density at radius 1 is 1.19 bits per heavy atom. The molecule has 2 fully saturated rings. The number of hydrogen-bond donors (Lipinski definition) is 1. The van der Waals surface area contributed by atoms with Gasteiger partial charge in [0.05, 0.1) is 5.69 Å². The lowest BCUT2D eigenvalue weighted by Gasteiger charge is -2.32. The van der Waals surface area contributed by atoms with Crippen LogP contribution in [-0.4, -0.2) is 80.1 Å². The maximum atomic E-state index is 12.7. The second-order valence-corrected chi connectivity index (χ2v) is 7.12. The minimum atomic E-state index is -0.0865. The fraction of sp³-hybridized carbons (Fsp3) is 0.579. The normalized spacial score (nSPS) is 22.8. The van der Waals surface area contributed by atoms with Crippen LogP contribution < -0.4 is 15.0 Å². The Labute approximate surface area is 166 Å². The summed E-state index contributed by atoms with van der Waals surface area (Å²) in [5, 5.41) is 3.37. The van der Waals surface area contributed by atoms with Gasteiger partial charge in [-0.3, -0.25) is 14.5 Å². The molecule has 0 radical (unpaired) electrons. The number of amides is 2. The minimum absolute atomic E-state index is 0. The van der Waals surface area contributed by atoms with Gasteiger partial charge < -0.3 is 19.9 Å². The summed E-state index contributed by atoms with van der Waals surface area (Å²) in [7, 11) is 0. The van der Waals surface area contributed by atoms with Crippen LogP contribution in [0.25, 0.3) is 0 Å². The molecule has 148 valence electrons. The van der Waals surface area contributed by atoms with Crippen molar-refractivity contribution in [2.45, 2.75) is 18.9 Å². The molecule has 3 aliphatic rings. The standard InChI is InChI=1S/C19H26N4O3.ClH/c24-18(22-9-5-15(13-22)21-11-7-20-8-12-21)6-10-23-16-3-1-2-4-17(16)26-14-19(23)25;/h1-4,15,20H,5-14H2;1H. The van der Waals surface area contributed by atoms with Gasteiger partial charge in [-0.25, -0.2) is 0 Å². The lowest BCUT2D eigenvalue weighted by atomic mass is 10.2. The third-order valence-corrected chi connectivity index (χ3v) is 5.54. The number of piperazine rings is 1. The van der Waals surface area contributed by atoms with Crippen LogP contribution in [0, 0.1) is 0 Å². The van der Waals surface area contributed by atoms with Gasteiger partial charge in [0, 0.05) is 58.3 Å². The molecule has 0 saturated carbocycles. The summed E-state index contributed by atoms with van der Waals surface area (Å²) < 4.78 is 5.46. The molecule has 3 heterocycles. The van der Waals surface area contributed by atoms with E-state index in [2.05, 4.69) is 10.2 Å². The van der Waals surface area contributed by atoms with E-state index in [-0.39, 0.29) is 30.8 Å². The smallest absolute Gasteiger partial charge is 0.265 e. The van der Waals surface area contributed by atoms with Crippen LogP contribution in [0.15, 0.2) is 24.3 Å². The molecule has 0 aromatic heterocycles. The van der Waals surface area contributed by atoms with E-state index in [0.717, 1.165) is 51.4 Å². The quantitative estimate of drug-likeness (QED) is 0.815. The fourth-order valence-corrected chi connectivity index (χ4v) is 4.08. The van der Waals surface area contributed by atoms with Crippen molar-refractivity contribution < 1.29 is 14.3 Å². The molecular weight excluding hydrogens is 368 g/mol. The van der Waals surface area contributed by atoms with E-state index in [4.69, 9.17) is 4.74 Å². The summed E-state index contributed by atoms with van der Waals surface area (Å²) in [6.07, 6.45) is 1.40. The minimum Gasteiger partial charge on any atom is -0.482 e. The van der Waals surface area contributed by atoms with Crippen LogP contribution in [0.2, 0.25) is 0 Å². The lowest BCUT2D eigenvalue weighted by Crippen LogP contribution is -2.49. The highest BCUT2D eigenvalue weighted by atomic mass is 35.5. The second-order valence-electron chi connectivity index (χ2n) is 7.12. The maximum absolute atomic E-state index is 12.7. The molecule has 0 aliphatic carbocycles. The Hall–Kier alpha value is -1.83. The van der Waals surface area contributed by atoms with Gasteiger partial charge >= 0.3 is 0 Å². The number of fused-ring (bicyclic) bond motifs is 1. The molecule has 1 unspecified atom stereocenters. The van der Waals surface area contributed by atoms with Crippen molar-refractivity contribution in [1.82, 2.24) is 15.1 Å². The van der Waals surface area contributed by atoms with Gasteiger partial charge in [-0.05, 0) is 18.6 Å². The number of anilines is 1. The van der Waals surface area contributed by atoms with Crippen LogP contribution in [0.3, 0.4) is 0 Å². The van der Waals surface area contributed by atoms with Crippen LogP contribution in [0.5, 0.6) is 5.75 Å². The molecule has 8 heteroatoms. The molecule has 0 spiro atoms. The highest BCUT2D eigenvalue weighted by Gasteiger charge is 2.32. The number of benzene rings is 1. The molecule has 1 atom stereocenters. The van der Waals surface area contributed by atoms with Crippen molar-refractivity contribution in [3.05, 3.63) is 24.3 Å². The first-order valence-corrected chi connectivity index (χ1v) is 9.47. The predicted molar refractivity (Wildman–Crippen MR) is 106 cm³/mol. The fourth-order valence-electron chi connectivity index (χ4n) is 4.08. The van der Waals surface area contributed by atoms with Gasteiger partial charge in [-0.1, -0.05) is 12.1 Å². The molecule has 2 saturated heterocycles. The Bertz CT molecular complexity index is 681. The van der Waals surface area contributed by atoms with Crippen molar-refractivity contribution in [2.24, 2.45) is 0 Å². The zero-order valence-electron chi connectivity index (χ0n) is 15.4. The van der Waals surface area contributed by atoms with Gasteiger partial charge in [0.1, 0.15) is 5.75 Å². The molecule has 1 aromatic carbocycles. The highest BCUT2D eigenvalue weighted by molar-refractivity contribution is 5.98. The number of ether oxygens (including phenoxy) is 1. The number of rotatable bonds is 4. The van der Waals surface area contributed by atoms with Crippen molar-refractivity contribution in [1.29, 1.82) is 0 Å². The molecular formula is C19H27ClN4O3. The molecule has 7 nitrogen and oxygen atoms in total. The van der Waals surface area contributed by atoms with Gasteiger partial charge in [-0.2, -0.15) is 0 Å². The number of likely N-dealkylation sites (tertiary alicyclic amines) is 1. The van der Waals surface area contributed by atoms with E-state index in [1.807, 2.05) is 29.2 Å². The SMILES string of the molecule is Cl.O=C(CCN1C(=O)COc2ccccc21)N1CCC(N2CCNCC2)C1. The Kier molecular flexibility index (Phi) is 6.57. The van der Waals surface area contributed by atoms with Crippen molar-refractivity contribution >= 4 is 29.9 Å². The maximum Gasteiger partial charge on any atom is 0.265 e. The predicted octanol–water partition coefficient (Wildman–Crippen LogP) is 0.730. The first-order chi connectivity index (χ1) is 12.7. The number of para-hydroxylation sites is 2. The molecule has 27 heavy (non-hydrogen) atoms. The summed E-state index contributed by atoms with van der Waals surface area (Å²) in [5.41, 5.74) is 0.761. The van der Waals surface area contributed by atoms with Crippen molar-refractivity contribution in [3.63, 3.8) is 0 Å². The molecule has 1 aromatic rings. The number of nitrogens with zero attached hydrogens (tertiary/aromatic N) is 3. The van der Waals surface area contributed by atoms with E-state index < -0.39 is 0 Å². The van der Waals surface area contributed by atoms with E-state index in [1.54, 1.807) is 4.90 Å². The van der Waals surface area contributed by atoms with E-state index >= 15 is 0 Å². The topological polar surface area (TPSA) is 65.1 Å². The Balaban J connectivity index is 0.00000210. The molecule has 4 rings (SSSR count).